The van der Waals surface area contributed by atoms with Crippen molar-refractivity contribution in [3.63, 3.8) is 0 Å². The molecule has 0 unspecified atom stereocenters. The van der Waals surface area contributed by atoms with Gasteiger partial charge in [0, 0.05) is 26.8 Å². The molecule has 2 N–H and O–H groups in total. The summed E-state index contributed by atoms with van der Waals surface area (Å²) in [6.45, 7) is 4.61. The summed E-state index contributed by atoms with van der Waals surface area (Å²) in [5, 5.41) is 5.89. The van der Waals surface area contributed by atoms with Gasteiger partial charge < -0.3 is 15.4 Å². The second kappa shape index (κ2) is 10.1. The van der Waals surface area contributed by atoms with E-state index >= 15 is 0 Å². The van der Waals surface area contributed by atoms with Gasteiger partial charge in [-0.2, -0.15) is 0 Å². The Labute approximate surface area is 117 Å². The minimum atomic E-state index is -0.0185. The number of amides is 2. The van der Waals surface area contributed by atoms with Crippen molar-refractivity contribution >= 4 is 6.03 Å². The number of hydrogen-bond donors (Lipinski definition) is 2. The van der Waals surface area contributed by atoms with Crippen LogP contribution in [0.15, 0.2) is 0 Å². The fourth-order valence-electron chi connectivity index (χ4n) is 2.72. The maximum absolute atomic E-state index is 11.6. The topological polar surface area (TPSA) is 50.4 Å². The summed E-state index contributed by atoms with van der Waals surface area (Å²) in [6, 6.07) is -0.0185. The summed E-state index contributed by atoms with van der Waals surface area (Å²) in [6.07, 6.45) is 8.49. The van der Waals surface area contributed by atoms with Gasteiger partial charge in [0.1, 0.15) is 0 Å². The highest BCUT2D eigenvalue weighted by Crippen LogP contribution is 2.29. The van der Waals surface area contributed by atoms with Crippen molar-refractivity contribution in [1.29, 1.82) is 0 Å². The van der Waals surface area contributed by atoms with Crippen molar-refractivity contribution in [2.45, 2.75) is 51.9 Å². The first-order valence-corrected chi connectivity index (χ1v) is 7.76. The molecule has 0 atom stereocenters. The summed E-state index contributed by atoms with van der Waals surface area (Å²) >= 11 is 0. The van der Waals surface area contributed by atoms with Gasteiger partial charge >= 0.3 is 6.03 Å². The quantitative estimate of drug-likeness (QED) is 0.666. The molecule has 112 valence electrons. The van der Waals surface area contributed by atoms with Crippen LogP contribution in [0.3, 0.4) is 0 Å². The van der Waals surface area contributed by atoms with Gasteiger partial charge in [0.25, 0.3) is 0 Å². The summed E-state index contributed by atoms with van der Waals surface area (Å²) in [4.78, 5) is 11.6. The van der Waals surface area contributed by atoms with E-state index < -0.39 is 0 Å². The summed E-state index contributed by atoms with van der Waals surface area (Å²) in [5.41, 5.74) is 0. The van der Waals surface area contributed by atoms with Gasteiger partial charge in [0.2, 0.25) is 0 Å². The Hall–Kier alpha value is -0.770. The van der Waals surface area contributed by atoms with Crippen LogP contribution in [0, 0.1) is 11.8 Å². The van der Waals surface area contributed by atoms with E-state index in [1.807, 2.05) is 0 Å². The number of carbonyl (C=O) groups is 1. The Kier molecular flexibility index (Phi) is 8.63. The lowest BCUT2D eigenvalue weighted by Crippen LogP contribution is -2.39. The highest BCUT2D eigenvalue weighted by atomic mass is 16.5. The van der Waals surface area contributed by atoms with E-state index in [4.69, 9.17) is 4.74 Å². The zero-order valence-corrected chi connectivity index (χ0v) is 12.5. The largest absolute Gasteiger partial charge is 0.385 e. The van der Waals surface area contributed by atoms with E-state index in [0.717, 1.165) is 38.5 Å². The van der Waals surface area contributed by atoms with Gasteiger partial charge in [-0.3, -0.25) is 0 Å². The molecule has 4 heteroatoms. The van der Waals surface area contributed by atoms with E-state index in [-0.39, 0.29) is 6.03 Å². The first-order chi connectivity index (χ1) is 9.26. The van der Waals surface area contributed by atoms with E-state index in [1.54, 1.807) is 7.11 Å². The highest BCUT2D eigenvalue weighted by Gasteiger charge is 2.20. The summed E-state index contributed by atoms with van der Waals surface area (Å²) in [7, 11) is 1.70. The smallest absolute Gasteiger partial charge is 0.314 e. The lowest BCUT2D eigenvalue weighted by atomic mass is 9.81. The van der Waals surface area contributed by atoms with Crippen LogP contribution >= 0.6 is 0 Å². The molecule has 0 radical (unpaired) electrons. The van der Waals surface area contributed by atoms with Crippen LogP contribution in [0.25, 0.3) is 0 Å². The molecule has 4 nitrogen and oxygen atoms in total. The Balaban J connectivity index is 1.98. The third-order valence-corrected chi connectivity index (χ3v) is 4.16. The van der Waals surface area contributed by atoms with Gasteiger partial charge in [-0.15, -0.1) is 0 Å². The first-order valence-electron chi connectivity index (χ1n) is 7.76. The maximum atomic E-state index is 11.6. The van der Waals surface area contributed by atoms with Crippen LogP contribution < -0.4 is 10.6 Å². The Morgan fingerprint density at radius 1 is 1.11 bits per heavy atom. The van der Waals surface area contributed by atoms with Gasteiger partial charge in [-0.05, 0) is 37.5 Å². The molecule has 1 aliphatic rings. The monoisotopic (exact) mass is 270 g/mol. The van der Waals surface area contributed by atoms with E-state index in [0.29, 0.717) is 5.92 Å². The molecule has 0 aromatic carbocycles. The molecule has 1 saturated carbocycles. The van der Waals surface area contributed by atoms with Crippen LogP contribution in [0.2, 0.25) is 0 Å². The fraction of sp³-hybridized carbons (Fsp3) is 0.933. The van der Waals surface area contributed by atoms with Crippen LogP contribution in [-0.2, 0) is 4.74 Å². The predicted molar refractivity (Wildman–Crippen MR) is 78.3 cm³/mol. The number of carbonyl (C=O) groups excluding carboxylic acids is 1. The molecule has 0 heterocycles. The number of rotatable bonds is 8. The highest BCUT2D eigenvalue weighted by molar-refractivity contribution is 5.73. The van der Waals surface area contributed by atoms with Gasteiger partial charge in [0.15, 0.2) is 0 Å². The van der Waals surface area contributed by atoms with Gasteiger partial charge in [-0.25, -0.2) is 4.79 Å². The average molecular weight is 270 g/mol. The maximum Gasteiger partial charge on any atom is 0.314 e. The van der Waals surface area contributed by atoms with Crippen molar-refractivity contribution in [3.05, 3.63) is 0 Å². The predicted octanol–water partition coefficient (Wildman–Crippen LogP) is 2.93. The molecule has 0 aromatic heterocycles. The second-order valence-electron chi connectivity index (χ2n) is 5.63. The molecule has 0 saturated heterocycles. The number of ether oxygens (including phenoxy) is 1. The SMILES string of the molecule is CCC1CCC(CNC(=O)NCCCCOC)CC1. The molecule has 0 spiro atoms. The molecule has 19 heavy (non-hydrogen) atoms. The van der Waals surface area contributed by atoms with Crippen LogP contribution in [0.4, 0.5) is 4.79 Å². The van der Waals surface area contributed by atoms with Crippen LogP contribution in [0.5, 0.6) is 0 Å². The zero-order valence-electron chi connectivity index (χ0n) is 12.5. The van der Waals surface area contributed by atoms with E-state index in [1.165, 1.54) is 32.1 Å². The average Bonchev–Trinajstić information content (AvgIpc) is 2.45. The van der Waals surface area contributed by atoms with Gasteiger partial charge in [-0.1, -0.05) is 26.2 Å². The minimum Gasteiger partial charge on any atom is -0.385 e. The Morgan fingerprint density at radius 3 is 2.42 bits per heavy atom. The number of urea groups is 1. The van der Waals surface area contributed by atoms with Crippen LogP contribution in [-0.4, -0.2) is 32.8 Å². The number of unbranched alkanes of at least 4 members (excludes halogenated alkanes) is 1. The van der Waals surface area contributed by atoms with Crippen molar-refractivity contribution in [2.24, 2.45) is 11.8 Å². The normalized spacial score (nSPS) is 23.1. The summed E-state index contributed by atoms with van der Waals surface area (Å²) in [5.74, 6) is 1.60. The molecule has 1 rings (SSSR count). The molecule has 0 bridgehead atoms. The number of methoxy groups -OCH3 is 1. The summed E-state index contributed by atoms with van der Waals surface area (Å²) < 4.78 is 4.97. The van der Waals surface area contributed by atoms with E-state index in [9.17, 15) is 4.79 Å². The Morgan fingerprint density at radius 2 is 1.79 bits per heavy atom. The third-order valence-electron chi connectivity index (χ3n) is 4.16. The zero-order chi connectivity index (χ0) is 13.9. The van der Waals surface area contributed by atoms with Gasteiger partial charge in [0.05, 0.1) is 0 Å². The molecular weight excluding hydrogens is 240 g/mol. The van der Waals surface area contributed by atoms with Crippen molar-refractivity contribution in [1.82, 2.24) is 10.6 Å². The fourth-order valence-corrected chi connectivity index (χ4v) is 2.72. The van der Waals surface area contributed by atoms with E-state index in [2.05, 4.69) is 17.6 Å². The molecule has 2 amide bonds. The molecule has 0 aliphatic heterocycles. The molecule has 1 fully saturated rings. The lowest BCUT2D eigenvalue weighted by molar-refractivity contribution is 0.192. The third kappa shape index (κ3) is 7.41. The number of hydrogen-bond acceptors (Lipinski definition) is 2. The molecular formula is C15H30N2O2. The Bertz CT molecular complexity index is 238. The second-order valence-corrected chi connectivity index (χ2v) is 5.63. The van der Waals surface area contributed by atoms with Crippen LogP contribution in [0.1, 0.15) is 51.9 Å². The molecule has 0 aromatic rings. The standard InChI is InChI=1S/C15H30N2O2/c1-3-13-6-8-14(9-7-13)12-17-15(18)16-10-4-5-11-19-2/h13-14H,3-12H2,1-2H3,(H2,16,17,18). The van der Waals surface area contributed by atoms with Crippen molar-refractivity contribution < 1.29 is 9.53 Å². The minimum absolute atomic E-state index is 0.0185. The molecule has 1 aliphatic carbocycles. The lowest BCUT2D eigenvalue weighted by Gasteiger charge is -2.27. The van der Waals surface area contributed by atoms with Crippen molar-refractivity contribution in [3.8, 4) is 0 Å². The first kappa shape index (κ1) is 16.3. The van der Waals surface area contributed by atoms with Crippen molar-refractivity contribution in [2.75, 3.05) is 26.8 Å². The number of nitrogens with one attached hydrogen (secondary N) is 2.